The van der Waals surface area contributed by atoms with Gasteiger partial charge in [-0.1, -0.05) is 17.7 Å². The molecule has 0 fully saturated rings. The van der Waals surface area contributed by atoms with E-state index in [1.165, 1.54) is 5.56 Å². The molecule has 0 saturated carbocycles. The van der Waals surface area contributed by atoms with Gasteiger partial charge < -0.3 is 23.8 Å². The van der Waals surface area contributed by atoms with Gasteiger partial charge in [0.25, 0.3) is 5.91 Å². The summed E-state index contributed by atoms with van der Waals surface area (Å²) in [6.07, 6.45) is 1.65. The molecular formula is C24H35NO5. The van der Waals surface area contributed by atoms with Gasteiger partial charge in [0.15, 0.2) is 0 Å². The number of benzene rings is 2. The van der Waals surface area contributed by atoms with Crippen LogP contribution in [0.1, 0.15) is 28.8 Å². The molecule has 0 N–H and O–H groups in total. The lowest BCUT2D eigenvalue weighted by atomic mass is 10.1. The number of nitrogens with zero attached hydrogens (tertiary/aromatic N) is 1. The molecule has 0 aromatic heterocycles. The second kappa shape index (κ2) is 15.3. The van der Waals surface area contributed by atoms with Crippen LogP contribution in [0.3, 0.4) is 0 Å². The van der Waals surface area contributed by atoms with E-state index in [4.69, 9.17) is 18.9 Å². The van der Waals surface area contributed by atoms with Gasteiger partial charge in [-0.3, -0.25) is 4.79 Å². The summed E-state index contributed by atoms with van der Waals surface area (Å²) in [7, 11) is 6.62. The fourth-order valence-corrected chi connectivity index (χ4v) is 2.70. The highest BCUT2D eigenvalue weighted by molar-refractivity contribution is 5.94. The fourth-order valence-electron chi connectivity index (χ4n) is 2.70. The van der Waals surface area contributed by atoms with E-state index in [9.17, 15) is 4.79 Å². The van der Waals surface area contributed by atoms with Gasteiger partial charge in [-0.2, -0.15) is 0 Å². The van der Waals surface area contributed by atoms with Crippen LogP contribution < -0.4 is 9.47 Å². The number of aryl methyl sites for hydroxylation is 1. The molecule has 0 unspecified atom stereocenters. The Morgan fingerprint density at radius 2 is 1.17 bits per heavy atom. The zero-order chi connectivity index (χ0) is 22.2. The zero-order valence-corrected chi connectivity index (χ0v) is 18.8. The SMILES string of the molecule is COCCCN(CCCOC)C(=O)c1ccc(OC)cc1.COc1ccc(C)cc1. The zero-order valence-electron chi connectivity index (χ0n) is 18.8. The first-order valence-electron chi connectivity index (χ1n) is 10.1. The van der Waals surface area contributed by atoms with Crippen LogP contribution >= 0.6 is 0 Å². The van der Waals surface area contributed by atoms with Gasteiger partial charge >= 0.3 is 0 Å². The van der Waals surface area contributed by atoms with E-state index < -0.39 is 0 Å². The maximum absolute atomic E-state index is 12.5. The first kappa shape index (κ1) is 25.5. The van der Waals surface area contributed by atoms with E-state index in [1.807, 2.05) is 29.2 Å². The van der Waals surface area contributed by atoms with Gasteiger partial charge in [0, 0.05) is 46.1 Å². The number of hydrogen-bond donors (Lipinski definition) is 0. The van der Waals surface area contributed by atoms with Gasteiger partial charge in [0.05, 0.1) is 14.2 Å². The number of methoxy groups -OCH3 is 4. The lowest BCUT2D eigenvalue weighted by Gasteiger charge is -2.22. The van der Waals surface area contributed by atoms with Crippen LogP contribution in [0.4, 0.5) is 0 Å². The molecule has 0 radical (unpaired) electrons. The van der Waals surface area contributed by atoms with E-state index in [1.54, 1.807) is 52.7 Å². The summed E-state index contributed by atoms with van der Waals surface area (Å²) in [5.41, 5.74) is 1.93. The highest BCUT2D eigenvalue weighted by Crippen LogP contribution is 2.14. The van der Waals surface area contributed by atoms with E-state index in [0.717, 1.165) is 24.3 Å². The third-order valence-corrected chi connectivity index (χ3v) is 4.43. The smallest absolute Gasteiger partial charge is 0.253 e. The quantitative estimate of drug-likeness (QED) is 0.513. The summed E-state index contributed by atoms with van der Waals surface area (Å²) in [5, 5.41) is 0. The van der Waals surface area contributed by atoms with Crippen molar-refractivity contribution in [3.05, 3.63) is 59.7 Å². The standard InChI is InChI=1S/C16H25NO4.C8H10O/c1-19-12-4-10-17(11-5-13-20-2)16(18)14-6-8-15(21-3)9-7-14;1-7-3-5-8(9-2)6-4-7/h6-9H,4-5,10-13H2,1-3H3;3-6H,1-2H3. The number of amides is 1. The normalized spacial score (nSPS) is 10.0. The van der Waals surface area contributed by atoms with Crippen molar-refractivity contribution < 1.29 is 23.7 Å². The van der Waals surface area contributed by atoms with E-state index in [-0.39, 0.29) is 5.91 Å². The number of hydrogen-bond acceptors (Lipinski definition) is 5. The van der Waals surface area contributed by atoms with Crippen LogP contribution in [0, 0.1) is 6.92 Å². The van der Waals surface area contributed by atoms with Gasteiger partial charge in [-0.25, -0.2) is 0 Å². The summed E-state index contributed by atoms with van der Waals surface area (Å²) in [4.78, 5) is 14.4. The Morgan fingerprint density at radius 3 is 1.57 bits per heavy atom. The van der Waals surface area contributed by atoms with Gasteiger partial charge in [-0.15, -0.1) is 0 Å². The Morgan fingerprint density at radius 1 is 0.733 bits per heavy atom. The second-order valence-electron chi connectivity index (χ2n) is 6.73. The van der Waals surface area contributed by atoms with Crippen LogP contribution in [0.5, 0.6) is 11.5 Å². The van der Waals surface area contributed by atoms with Crippen LogP contribution in [-0.2, 0) is 9.47 Å². The fraction of sp³-hybridized carbons (Fsp3) is 0.458. The van der Waals surface area contributed by atoms with Crippen molar-refractivity contribution in [3.8, 4) is 11.5 Å². The number of rotatable bonds is 11. The monoisotopic (exact) mass is 417 g/mol. The Bertz CT molecular complexity index is 691. The molecule has 6 nitrogen and oxygen atoms in total. The van der Waals surface area contributed by atoms with Crippen LogP contribution in [-0.4, -0.2) is 65.5 Å². The van der Waals surface area contributed by atoms with Crippen LogP contribution in [0.15, 0.2) is 48.5 Å². The van der Waals surface area contributed by atoms with E-state index in [2.05, 4.69) is 6.92 Å². The van der Waals surface area contributed by atoms with Gasteiger partial charge in [0.2, 0.25) is 0 Å². The summed E-state index contributed by atoms with van der Waals surface area (Å²) in [6, 6.07) is 15.1. The highest BCUT2D eigenvalue weighted by Gasteiger charge is 2.15. The molecule has 2 rings (SSSR count). The Kier molecular flexibility index (Phi) is 13.0. The molecule has 0 saturated heterocycles. The molecule has 30 heavy (non-hydrogen) atoms. The predicted octanol–water partition coefficient (Wildman–Crippen LogP) is 4.21. The summed E-state index contributed by atoms with van der Waals surface area (Å²) in [6.45, 7) is 4.72. The minimum absolute atomic E-state index is 0.0323. The molecule has 0 aliphatic heterocycles. The summed E-state index contributed by atoms with van der Waals surface area (Å²) >= 11 is 0. The lowest BCUT2D eigenvalue weighted by Crippen LogP contribution is -2.34. The Balaban J connectivity index is 0.000000414. The summed E-state index contributed by atoms with van der Waals surface area (Å²) < 4.78 is 20.2. The lowest BCUT2D eigenvalue weighted by molar-refractivity contribution is 0.0717. The highest BCUT2D eigenvalue weighted by atomic mass is 16.5. The topological polar surface area (TPSA) is 57.2 Å². The third-order valence-electron chi connectivity index (χ3n) is 4.43. The Labute approximate surface area is 180 Å². The Hall–Kier alpha value is -2.57. The van der Waals surface area contributed by atoms with Crippen molar-refractivity contribution in [2.24, 2.45) is 0 Å². The third kappa shape index (κ3) is 9.76. The first-order valence-corrected chi connectivity index (χ1v) is 10.1. The summed E-state index contributed by atoms with van der Waals surface area (Å²) in [5.74, 6) is 1.70. The molecule has 0 spiro atoms. The molecule has 0 heterocycles. The minimum Gasteiger partial charge on any atom is -0.497 e. The predicted molar refractivity (Wildman–Crippen MR) is 120 cm³/mol. The average Bonchev–Trinajstić information content (AvgIpc) is 2.79. The van der Waals surface area contributed by atoms with Crippen molar-refractivity contribution in [2.45, 2.75) is 19.8 Å². The molecule has 0 aliphatic rings. The molecule has 0 bridgehead atoms. The average molecular weight is 418 g/mol. The van der Waals surface area contributed by atoms with Crippen LogP contribution in [0.2, 0.25) is 0 Å². The molecular weight excluding hydrogens is 382 g/mol. The number of carbonyl (C=O) groups excluding carboxylic acids is 1. The van der Waals surface area contributed by atoms with Crippen LogP contribution in [0.25, 0.3) is 0 Å². The largest absolute Gasteiger partial charge is 0.497 e. The number of carbonyl (C=O) groups is 1. The second-order valence-corrected chi connectivity index (χ2v) is 6.73. The molecule has 0 atom stereocenters. The van der Waals surface area contributed by atoms with Crippen molar-refractivity contribution in [1.82, 2.24) is 4.90 Å². The van der Waals surface area contributed by atoms with Crippen molar-refractivity contribution in [2.75, 3.05) is 54.7 Å². The molecule has 2 aromatic rings. The maximum Gasteiger partial charge on any atom is 0.253 e. The minimum atomic E-state index is 0.0323. The molecule has 1 amide bonds. The van der Waals surface area contributed by atoms with Gasteiger partial charge in [-0.05, 0) is 56.2 Å². The maximum atomic E-state index is 12.5. The van der Waals surface area contributed by atoms with E-state index >= 15 is 0 Å². The van der Waals surface area contributed by atoms with Crippen molar-refractivity contribution >= 4 is 5.91 Å². The van der Waals surface area contributed by atoms with Crippen molar-refractivity contribution in [3.63, 3.8) is 0 Å². The molecule has 6 heteroatoms. The molecule has 0 aliphatic carbocycles. The van der Waals surface area contributed by atoms with Crippen molar-refractivity contribution in [1.29, 1.82) is 0 Å². The first-order chi connectivity index (χ1) is 14.5. The van der Waals surface area contributed by atoms with E-state index in [0.29, 0.717) is 31.9 Å². The number of ether oxygens (including phenoxy) is 4. The molecule has 166 valence electrons. The van der Waals surface area contributed by atoms with Gasteiger partial charge in [0.1, 0.15) is 11.5 Å². The molecule has 2 aromatic carbocycles.